The molecule has 0 spiro atoms. The van der Waals surface area contributed by atoms with Gasteiger partial charge in [0.2, 0.25) is 15.0 Å². The number of nitrogens with one attached hydrogen (secondary N) is 1. The van der Waals surface area contributed by atoms with E-state index in [-0.39, 0.29) is 23.1 Å². The summed E-state index contributed by atoms with van der Waals surface area (Å²) in [5, 5.41) is 2.41. The first-order chi connectivity index (χ1) is 12.3. The van der Waals surface area contributed by atoms with E-state index in [2.05, 4.69) is 10.3 Å². The Kier molecular flexibility index (Phi) is 4.64. The summed E-state index contributed by atoms with van der Waals surface area (Å²) >= 11 is 0. The zero-order valence-corrected chi connectivity index (χ0v) is 14.9. The van der Waals surface area contributed by atoms with Crippen molar-refractivity contribution >= 4 is 21.3 Å². The first-order valence-corrected chi connectivity index (χ1v) is 9.48. The number of methoxy groups -OCH3 is 1. The van der Waals surface area contributed by atoms with Gasteiger partial charge in [0.15, 0.2) is 17.3 Å². The second kappa shape index (κ2) is 6.75. The fraction of sp³-hybridized carbons (Fsp3) is 0.176. The Morgan fingerprint density at radius 3 is 2.73 bits per heavy atom. The van der Waals surface area contributed by atoms with Gasteiger partial charge in [-0.15, -0.1) is 0 Å². The number of benzene rings is 1. The van der Waals surface area contributed by atoms with Gasteiger partial charge in [-0.25, -0.2) is 17.8 Å². The summed E-state index contributed by atoms with van der Waals surface area (Å²) < 4.78 is 43.7. The van der Waals surface area contributed by atoms with Gasteiger partial charge in [-0.05, 0) is 29.8 Å². The molecule has 2 aromatic heterocycles. The molecule has 1 aromatic carbocycles. The van der Waals surface area contributed by atoms with Crippen LogP contribution in [0.15, 0.2) is 47.8 Å². The van der Waals surface area contributed by atoms with Gasteiger partial charge in [0.1, 0.15) is 0 Å². The second-order valence-electron chi connectivity index (χ2n) is 5.62. The molecular weight excluding hydrogens is 361 g/mol. The highest BCUT2D eigenvalue weighted by atomic mass is 32.2. The number of amides is 1. The largest absolute Gasteiger partial charge is 0.494 e. The fourth-order valence-corrected chi connectivity index (χ4v) is 3.30. The summed E-state index contributed by atoms with van der Waals surface area (Å²) in [7, 11) is -2.25. The van der Waals surface area contributed by atoms with Crippen LogP contribution in [0.5, 0.6) is 5.75 Å². The molecule has 7 nitrogen and oxygen atoms in total. The van der Waals surface area contributed by atoms with Crippen LogP contribution in [0, 0.1) is 5.82 Å². The van der Waals surface area contributed by atoms with Gasteiger partial charge in [0, 0.05) is 19.0 Å². The molecule has 0 bridgehead atoms. The number of halogens is 1. The first kappa shape index (κ1) is 17.9. The van der Waals surface area contributed by atoms with Gasteiger partial charge < -0.3 is 10.1 Å². The van der Waals surface area contributed by atoms with E-state index < -0.39 is 21.6 Å². The van der Waals surface area contributed by atoms with Crippen molar-refractivity contribution in [3.05, 3.63) is 59.7 Å². The van der Waals surface area contributed by atoms with E-state index >= 15 is 0 Å². The molecule has 0 unspecified atom stereocenters. The molecule has 0 fully saturated rings. The molecule has 3 rings (SSSR count). The maximum atomic E-state index is 13.7. The Labute approximate surface area is 149 Å². The normalized spacial score (nSPS) is 11.5. The Morgan fingerprint density at radius 1 is 1.31 bits per heavy atom. The van der Waals surface area contributed by atoms with Crippen LogP contribution in [-0.2, 0) is 16.4 Å². The number of nitrogens with zero attached hydrogens (tertiary/aromatic N) is 2. The van der Waals surface area contributed by atoms with Gasteiger partial charge >= 0.3 is 0 Å². The minimum atomic E-state index is -3.61. The molecule has 2 heterocycles. The van der Waals surface area contributed by atoms with E-state index in [1.165, 1.54) is 29.8 Å². The van der Waals surface area contributed by atoms with Crippen LogP contribution < -0.4 is 10.1 Å². The van der Waals surface area contributed by atoms with Gasteiger partial charge in [-0.3, -0.25) is 9.20 Å². The van der Waals surface area contributed by atoms with Crippen molar-refractivity contribution in [2.24, 2.45) is 0 Å². The quantitative estimate of drug-likeness (QED) is 0.733. The van der Waals surface area contributed by atoms with Crippen LogP contribution in [0.2, 0.25) is 0 Å². The highest BCUT2D eigenvalue weighted by molar-refractivity contribution is 7.90. The predicted molar refractivity (Wildman–Crippen MR) is 92.4 cm³/mol. The molecule has 1 N–H and O–H groups in total. The van der Waals surface area contributed by atoms with E-state index in [4.69, 9.17) is 4.74 Å². The van der Waals surface area contributed by atoms with Crippen molar-refractivity contribution in [2.45, 2.75) is 11.7 Å². The summed E-state index contributed by atoms with van der Waals surface area (Å²) in [6, 6.07) is 9.26. The molecule has 0 aliphatic heterocycles. The summed E-state index contributed by atoms with van der Waals surface area (Å²) in [5.41, 5.74) is 0.884. The first-order valence-electron chi connectivity index (χ1n) is 7.59. The Bertz CT molecular complexity index is 1090. The van der Waals surface area contributed by atoms with Crippen molar-refractivity contribution in [1.29, 1.82) is 0 Å². The average Bonchev–Trinajstić information content (AvgIpc) is 3.00. The lowest BCUT2D eigenvalue weighted by molar-refractivity contribution is 0.0947. The summed E-state index contributed by atoms with van der Waals surface area (Å²) in [6.45, 7) is 0.0554. The van der Waals surface area contributed by atoms with E-state index in [1.807, 2.05) is 0 Å². The van der Waals surface area contributed by atoms with E-state index in [1.54, 1.807) is 24.3 Å². The average molecular weight is 377 g/mol. The van der Waals surface area contributed by atoms with Crippen molar-refractivity contribution in [2.75, 3.05) is 13.4 Å². The van der Waals surface area contributed by atoms with Crippen LogP contribution in [0.3, 0.4) is 0 Å². The Hall–Kier alpha value is -2.94. The lowest BCUT2D eigenvalue weighted by Crippen LogP contribution is -2.23. The Balaban J connectivity index is 1.88. The van der Waals surface area contributed by atoms with Crippen LogP contribution >= 0.6 is 0 Å². The molecule has 9 heteroatoms. The number of sulfone groups is 1. The number of carbonyl (C=O) groups excluding carboxylic acids is 1. The summed E-state index contributed by atoms with van der Waals surface area (Å²) in [4.78, 5) is 16.5. The number of fused-ring (bicyclic) bond motifs is 1. The number of hydrogen-bond donors (Lipinski definition) is 1. The third kappa shape index (κ3) is 3.38. The zero-order valence-electron chi connectivity index (χ0n) is 14.1. The van der Waals surface area contributed by atoms with Crippen molar-refractivity contribution in [1.82, 2.24) is 14.7 Å². The molecular formula is C17H16FN3O4S. The summed E-state index contributed by atoms with van der Waals surface area (Å²) in [5.74, 6) is -0.983. The van der Waals surface area contributed by atoms with Gasteiger partial charge in [-0.2, -0.15) is 0 Å². The maximum absolute atomic E-state index is 13.7. The molecule has 1 amide bonds. The molecule has 0 saturated carbocycles. The van der Waals surface area contributed by atoms with Gasteiger partial charge in [0.05, 0.1) is 12.6 Å². The zero-order chi connectivity index (χ0) is 18.9. The third-order valence-electron chi connectivity index (χ3n) is 3.73. The molecule has 0 saturated heterocycles. The smallest absolute Gasteiger partial charge is 0.272 e. The number of rotatable bonds is 5. The number of imidazole rings is 1. The number of hydrogen-bond acceptors (Lipinski definition) is 5. The second-order valence-corrected chi connectivity index (χ2v) is 7.53. The summed E-state index contributed by atoms with van der Waals surface area (Å²) in [6.07, 6.45) is 2.55. The minimum Gasteiger partial charge on any atom is -0.494 e. The van der Waals surface area contributed by atoms with Crippen molar-refractivity contribution in [3.8, 4) is 5.75 Å². The topological polar surface area (TPSA) is 89.8 Å². The van der Waals surface area contributed by atoms with Crippen LogP contribution in [-0.4, -0.2) is 37.1 Å². The number of aromatic nitrogens is 2. The third-order valence-corrected chi connectivity index (χ3v) is 4.68. The number of ether oxygens (including phenoxy) is 1. The van der Waals surface area contributed by atoms with E-state index in [0.29, 0.717) is 11.1 Å². The monoisotopic (exact) mass is 377 g/mol. The standard InChI is InChI=1S/C17H16FN3O4S/c1-25-14-7-6-11(9-12(14)18)10-19-16(22)15-13-5-3-4-8-21(13)17(20-15)26(2,23)24/h3-9H,10H2,1-2H3,(H,19,22). The van der Waals surface area contributed by atoms with Crippen molar-refractivity contribution in [3.63, 3.8) is 0 Å². The van der Waals surface area contributed by atoms with Gasteiger partial charge in [0.25, 0.3) is 5.91 Å². The fourth-order valence-electron chi connectivity index (χ4n) is 2.52. The molecule has 26 heavy (non-hydrogen) atoms. The molecule has 0 atom stereocenters. The molecule has 136 valence electrons. The highest BCUT2D eigenvalue weighted by Gasteiger charge is 2.22. The maximum Gasteiger partial charge on any atom is 0.272 e. The lowest BCUT2D eigenvalue weighted by atomic mass is 10.2. The van der Waals surface area contributed by atoms with Gasteiger partial charge in [-0.1, -0.05) is 12.1 Å². The van der Waals surface area contributed by atoms with Crippen LogP contribution in [0.25, 0.3) is 5.52 Å². The Morgan fingerprint density at radius 2 is 2.08 bits per heavy atom. The SMILES string of the molecule is COc1ccc(CNC(=O)c2nc(S(C)(=O)=O)n3ccccc23)cc1F. The van der Waals surface area contributed by atoms with Crippen LogP contribution in [0.1, 0.15) is 16.1 Å². The van der Waals surface area contributed by atoms with Crippen LogP contribution in [0.4, 0.5) is 4.39 Å². The lowest BCUT2D eigenvalue weighted by Gasteiger charge is -2.06. The minimum absolute atomic E-state index is 0.0139. The molecule has 3 aromatic rings. The van der Waals surface area contributed by atoms with Crippen molar-refractivity contribution < 1.29 is 22.3 Å². The molecule has 0 aliphatic rings. The van der Waals surface area contributed by atoms with E-state index in [9.17, 15) is 17.6 Å². The number of pyridine rings is 1. The van der Waals surface area contributed by atoms with E-state index in [0.717, 1.165) is 6.26 Å². The molecule has 0 aliphatic carbocycles. The number of carbonyl (C=O) groups is 1. The predicted octanol–water partition coefficient (Wildman–Crippen LogP) is 1.82. The highest BCUT2D eigenvalue weighted by Crippen LogP contribution is 2.19. The molecule has 0 radical (unpaired) electrons.